The molecule has 0 aliphatic rings. The van der Waals surface area contributed by atoms with Gasteiger partial charge in [0.2, 0.25) is 0 Å². The molecule has 9 heteroatoms. The highest BCUT2D eigenvalue weighted by atomic mass is 32.1. The van der Waals surface area contributed by atoms with Crippen molar-refractivity contribution in [2.45, 2.75) is 20.1 Å². The first-order valence-corrected chi connectivity index (χ1v) is 9.40. The van der Waals surface area contributed by atoms with Gasteiger partial charge in [0.25, 0.3) is 5.91 Å². The minimum absolute atomic E-state index is 0.135. The number of anilines is 1. The van der Waals surface area contributed by atoms with Crippen molar-refractivity contribution >= 4 is 22.9 Å². The molecule has 0 aliphatic heterocycles. The number of nitrogens with one attached hydrogen (secondary N) is 1. The topological polar surface area (TPSA) is 69.7 Å². The first kappa shape index (κ1) is 20.5. The van der Waals surface area contributed by atoms with Crippen molar-refractivity contribution in [3.63, 3.8) is 0 Å². The normalized spacial score (nSPS) is 10.7. The molecule has 152 valence electrons. The second kappa shape index (κ2) is 9.33. The van der Waals surface area contributed by atoms with Crippen molar-refractivity contribution in [1.29, 1.82) is 0 Å². The molecule has 3 aromatic rings. The summed E-state index contributed by atoms with van der Waals surface area (Å²) in [5, 5.41) is 5.50. The highest BCUT2D eigenvalue weighted by Gasteiger charge is 2.13. The van der Waals surface area contributed by atoms with Gasteiger partial charge in [-0.3, -0.25) is 4.79 Å². The zero-order chi connectivity index (χ0) is 20.8. The Bertz CT molecular complexity index is 994. The van der Waals surface area contributed by atoms with Gasteiger partial charge >= 0.3 is 6.61 Å². The lowest BCUT2D eigenvalue weighted by molar-refractivity contribution is -0.0511. The van der Waals surface area contributed by atoms with Crippen LogP contribution in [0, 0.1) is 6.92 Å². The molecule has 6 nitrogen and oxygen atoms in total. The molecular weight excluding hydrogens is 402 g/mol. The predicted octanol–water partition coefficient (Wildman–Crippen LogP) is 4.89. The molecule has 0 unspecified atom stereocenters. The van der Waals surface area contributed by atoms with E-state index in [4.69, 9.17) is 9.47 Å². The number of aryl methyl sites for hydroxylation is 1. The summed E-state index contributed by atoms with van der Waals surface area (Å²) in [5.74, 6) is 0.0554. The molecule has 1 heterocycles. The molecule has 0 bridgehead atoms. The second-order valence-electron chi connectivity index (χ2n) is 5.87. The third kappa shape index (κ3) is 5.64. The molecule has 0 saturated carbocycles. The third-order valence-electron chi connectivity index (χ3n) is 3.79. The first-order chi connectivity index (χ1) is 13.9. The van der Waals surface area contributed by atoms with E-state index in [1.807, 2.05) is 12.3 Å². The van der Waals surface area contributed by atoms with E-state index in [0.29, 0.717) is 17.9 Å². The quantitative estimate of drug-likeness (QED) is 0.562. The third-order valence-corrected chi connectivity index (χ3v) is 4.61. The number of rotatable bonds is 8. The lowest BCUT2D eigenvalue weighted by Crippen LogP contribution is -2.12. The molecule has 1 N–H and O–H groups in total. The van der Waals surface area contributed by atoms with Gasteiger partial charge in [-0.25, -0.2) is 4.98 Å². The molecule has 0 fully saturated rings. The van der Waals surface area contributed by atoms with Crippen LogP contribution in [0.2, 0.25) is 0 Å². The number of nitrogens with zero attached hydrogens (tertiary/aromatic N) is 1. The SMILES string of the molecule is COc1ccc(NC(=O)c2cccc(OCc3csc(C)n3)c2)cc1OC(F)F. The van der Waals surface area contributed by atoms with Gasteiger partial charge in [-0.05, 0) is 37.3 Å². The number of alkyl halides is 2. The van der Waals surface area contributed by atoms with Gasteiger partial charge < -0.3 is 19.5 Å². The standard InChI is InChI=1S/C20H18F2N2O4S/c1-12-23-15(11-29-12)10-27-16-5-3-4-13(8-16)19(25)24-14-6-7-17(26-2)18(9-14)28-20(21)22/h3-9,11,20H,10H2,1-2H3,(H,24,25). The van der Waals surface area contributed by atoms with Crippen LogP contribution in [0.25, 0.3) is 0 Å². The lowest BCUT2D eigenvalue weighted by atomic mass is 10.2. The van der Waals surface area contributed by atoms with Crippen molar-refractivity contribution in [1.82, 2.24) is 4.98 Å². The monoisotopic (exact) mass is 420 g/mol. The molecule has 3 rings (SSSR count). The minimum atomic E-state index is -3.01. The van der Waals surface area contributed by atoms with E-state index < -0.39 is 12.5 Å². The summed E-state index contributed by atoms with van der Waals surface area (Å²) in [6.45, 7) is -0.802. The molecule has 2 aromatic carbocycles. The summed E-state index contributed by atoms with van der Waals surface area (Å²) in [5.41, 5.74) is 1.45. The van der Waals surface area contributed by atoms with E-state index in [1.54, 1.807) is 24.3 Å². The van der Waals surface area contributed by atoms with Crippen molar-refractivity contribution in [2.24, 2.45) is 0 Å². The zero-order valence-corrected chi connectivity index (χ0v) is 16.5. The van der Waals surface area contributed by atoms with Gasteiger partial charge in [0.1, 0.15) is 12.4 Å². The maximum atomic E-state index is 12.6. The predicted molar refractivity (Wildman–Crippen MR) is 105 cm³/mol. The number of methoxy groups -OCH3 is 1. The van der Waals surface area contributed by atoms with E-state index >= 15 is 0 Å². The number of carbonyl (C=O) groups is 1. The van der Waals surface area contributed by atoms with E-state index in [9.17, 15) is 13.6 Å². The number of benzene rings is 2. The molecule has 1 aromatic heterocycles. The Morgan fingerprint density at radius 1 is 1.21 bits per heavy atom. The number of hydrogen-bond acceptors (Lipinski definition) is 6. The summed E-state index contributed by atoms with van der Waals surface area (Å²) < 4.78 is 40.2. The number of aromatic nitrogens is 1. The molecule has 0 aliphatic carbocycles. The average Bonchev–Trinajstić information content (AvgIpc) is 3.11. The molecule has 0 saturated heterocycles. The first-order valence-electron chi connectivity index (χ1n) is 8.52. The van der Waals surface area contributed by atoms with Crippen molar-refractivity contribution < 1.29 is 27.8 Å². The van der Waals surface area contributed by atoms with Crippen molar-refractivity contribution in [2.75, 3.05) is 12.4 Å². The number of hydrogen-bond donors (Lipinski definition) is 1. The minimum Gasteiger partial charge on any atom is -0.493 e. The number of thiazole rings is 1. The smallest absolute Gasteiger partial charge is 0.387 e. The number of ether oxygens (including phenoxy) is 3. The summed E-state index contributed by atoms with van der Waals surface area (Å²) in [6.07, 6.45) is 0. The second-order valence-corrected chi connectivity index (χ2v) is 6.93. The number of halogens is 2. The van der Waals surface area contributed by atoms with Gasteiger partial charge in [-0.15, -0.1) is 11.3 Å². The van der Waals surface area contributed by atoms with Crippen molar-refractivity contribution in [3.8, 4) is 17.2 Å². The Balaban J connectivity index is 1.69. The van der Waals surface area contributed by atoms with Crippen LogP contribution >= 0.6 is 11.3 Å². The highest BCUT2D eigenvalue weighted by molar-refractivity contribution is 7.09. The average molecular weight is 420 g/mol. The van der Waals surface area contributed by atoms with Crippen LogP contribution in [0.1, 0.15) is 21.1 Å². The van der Waals surface area contributed by atoms with Crippen LogP contribution in [-0.4, -0.2) is 24.6 Å². The van der Waals surface area contributed by atoms with Gasteiger partial charge in [0.15, 0.2) is 11.5 Å². The van der Waals surface area contributed by atoms with Gasteiger partial charge in [-0.1, -0.05) is 6.07 Å². The molecule has 0 radical (unpaired) electrons. The lowest BCUT2D eigenvalue weighted by Gasteiger charge is -2.12. The van der Waals surface area contributed by atoms with E-state index in [2.05, 4.69) is 15.0 Å². The van der Waals surface area contributed by atoms with Gasteiger partial charge in [0, 0.05) is 22.7 Å². The van der Waals surface area contributed by atoms with Crippen LogP contribution in [0.3, 0.4) is 0 Å². The van der Waals surface area contributed by atoms with Crippen LogP contribution in [0.15, 0.2) is 47.8 Å². The Labute approximate surface area is 170 Å². The zero-order valence-electron chi connectivity index (χ0n) is 15.6. The number of amides is 1. The van der Waals surface area contributed by atoms with Crippen LogP contribution in [0.4, 0.5) is 14.5 Å². The fraction of sp³-hybridized carbons (Fsp3) is 0.200. The molecule has 0 atom stereocenters. The van der Waals surface area contributed by atoms with E-state index in [0.717, 1.165) is 10.7 Å². The van der Waals surface area contributed by atoms with E-state index in [-0.39, 0.29) is 17.2 Å². The van der Waals surface area contributed by atoms with Crippen LogP contribution < -0.4 is 19.5 Å². The molecular formula is C20H18F2N2O4S. The van der Waals surface area contributed by atoms with Crippen LogP contribution in [-0.2, 0) is 6.61 Å². The van der Waals surface area contributed by atoms with Gasteiger partial charge in [0.05, 0.1) is 17.8 Å². The summed E-state index contributed by atoms with van der Waals surface area (Å²) in [6, 6.07) is 10.9. The Hall–Kier alpha value is -3.20. The largest absolute Gasteiger partial charge is 0.493 e. The van der Waals surface area contributed by atoms with E-state index in [1.165, 1.54) is 36.6 Å². The molecule has 1 amide bonds. The Morgan fingerprint density at radius 3 is 2.72 bits per heavy atom. The van der Waals surface area contributed by atoms with Gasteiger partial charge in [-0.2, -0.15) is 8.78 Å². The highest BCUT2D eigenvalue weighted by Crippen LogP contribution is 2.31. The van der Waals surface area contributed by atoms with Crippen LogP contribution in [0.5, 0.6) is 17.2 Å². The molecule has 29 heavy (non-hydrogen) atoms. The van der Waals surface area contributed by atoms with Crippen molar-refractivity contribution in [3.05, 3.63) is 64.1 Å². The Morgan fingerprint density at radius 2 is 2.03 bits per heavy atom. The Kier molecular flexibility index (Phi) is 6.61. The maximum Gasteiger partial charge on any atom is 0.387 e. The summed E-state index contributed by atoms with van der Waals surface area (Å²) in [4.78, 5) is 16.9. The summed E-state index contributed by atoms with van der Waals surface area (Å²) in [7, 11) is 1.34. The maximum absolute atomic E-state index is 12.6. The fourth-order valence-corrected chi connectivity index (χ4v) is 3.10. The number of carbonyl (C=O) groups excluding carboxylic acids is 1. The molecule has 0 spiro atoms. The fourth-order valence-electron chi connectivity index (χ4n) is 2.50. The summed E-state index contributed by atoms with van der Waals surface area (Å²) >= 11 is 1.53.